The van der Waals surface area contributed by atoms with Gasteiger partial charge in [-0.25, -0.2) is 9.50 Å². The van der Waals surface area contributed by atoms with Crippen LogP contribution >= 0.6 is 11.3 Å². The number of nitrogens with two attached hydrogens (primary N) is 1. The molecule has 4 heterocycles. The third kappa shape index (κ3) is 2.09. The molecule has 0 aliphatic rings. The number of rotatable bonds is 4. The van der Waals surface area contributed by atoms with Crippen LogP contribution in [-0.2, 0) is 6.42 Å². The first kappa shape index (κ1) is 12.5. The summed E-state index contributed by atoms with van der Waals surface area (Å²) in [6.45, 7) is 0. The zero-order chi connectivity index (χ0) is 14.2. The van der Waals surface area contributed by atoms with Gasteiger partial charge in [0.1, 0.15) is 0 Å². The Balaban J connectivity index is 1.69. The smallest absolute Gasteiger partial charge is 0.193 e. The Morgan fingerprint density at radius 1 is 1.33 bits per heavy atom. The van der Waals surface area contributed by atoms with E-state index >= 15 is 0 Å². The molecule has 0 aliphatic carbocycles. The molecule has 8 heteroatoms. The minimum absolute atomic E-state index is 0.0590. The van der Waals surface area contributed by atoms with E-state index < -0.39 is 0 Å². The molecule has 0 fully saturated rings. The summed E-state index contributed by atoms with van der Waals surface area (Å²) in [5.74, 6) is 5.73. The van der Waals surface area contributed by atoms with Crippen molar-refractivity contribution in [3.05, 3.63) is 53.8 Å². The van der Waals surface area contributed by atoms with Gasteiger partial charge in [0.2, 0.25) is 0 Å². The number of nitrogens with zero attached hydrogens (tertiary/aromatic N) is 5. The maximum atomic E-state index is 5.73. The molecule has 3 N–H and O–H groups in total. The third-order valence-corrected chi connectivity index (χ3v) is 4.26. The van der Waals surface area contributed by atoms with Crippen molar-refractivity contribution in [1.82, 2.24) is 29.4 Å². The van der Waals surface area contributed by atoms with Gasteiger partial charge in [0.15, 0.2) is 4.96 Å². The van der Waals surface area contributed by atoms with Crippen LogP contribution in [0.5, 0.6) is 0 Å². The minimum atomic E-state index is -0.0590. The quantitative estimate of drug-likeness (QED) is 0.437. The lowest BCUT2D eigenvalue weighted by atomic mass is 10.1. The van der Waals surface area contributed by atoms with Gasteiger partial charge in [0, 0.05) is 42.2 Å². The van der Waals surface area contributed by atoms with Crippen molar-refractivity contribution in [1.29, 1.82) is 0 Å². The summed E-state index contributed by atoms with van der Waals surface area (Å²) in [5, 5.41) is 6.34. The van der Waals surface area contributed by atoms with Gasteiger partial charge >= 0.3 is 0 Å². The first-order chi connectivity index (χ1) is 10.3. The van der Waals surface area contributed by atoms with Gasteiger partial charge in [-0.2, -0.15) is 5.10 Å². The lowest BCUT2D eigenvalue weighted by Crippen LogP contribution is -2.29. The maximum absolute atomic E-state index is 5.73. The zero-order valence-corrected chi connectivity index (χ0v) is 11.9. The predicted molar refractivity (Wildman–Crippen MR) is 79.8 cm³/mol. The van der Waals surface area contributed by atoms with Crippen molar-refractivity contribution in [3.8, 4) is 0 Å². The molecule has 1 unspecified atom stereocenters. The monoisotopic (exact) mass is 299 g/mol. The van der Waals surface area contributed by atoms with E-state index in [0.717, 1.165) is 21.7 Å². The predicted octanol–water partition coefficient (Wildman–Crippen LogP) is 1.19. The summed E-state index contributed by atoms with van der Waals surface area (Å²) < 4.78 is 3.81. The summed E-state index contributed by atoms with van der Waals surface area (Å²) in [4.78, 5) is 9.73. The molecule has 106 valence electrons. The summed E-state index contributed by atoms with van der Waals surface area (Å²) >= 11 is 1.62. The third-order valence-electron chi connectivity index (χ3n) is 3.49. The molecule has 0 spiro atoms. The molecule has 4 aromatic rings. The second-order valence-electron chi connectivity index (χ2n) is 4.75. The number of hydrogen-bond acceptors (Lipinski definition) is 6. The van der Waals surface area contributed by atoms with Gasteiger partial charge in [-0.3, -0.25) is 20.7 Å². The Bertz CT molecular complexity index is 861. The normalized spacial score (nSPS) is 13.2. The Labute approximate surface area is 124 Å². The highest BCUT2D eigenvalue weighted by Crippen LogP contribution is 2.22. The lowest BCUT2D eigenvalue weighted by molar-refractivity contribution is 0.550. The SMILES string of the molecule is NNC(Cc1cn2ccsc2n1)c1cnn2ccncc12. The van der Waals surface area contributed by atoms with E-state index in [1.54, 1.807) is 28.2 Å². The molecule has 0 aromatic carbocycles. The molecule has 4 rings (SSSR count). The average molecular weight is 299 g/mol. The van der Waals surface area contributed by atoms with Crippen LogP contribution in [0.1, 0.15) is 17.3 Å². The average Bonchev–Trinajstić information content (AvgIpc) is 3.18. The fourth-order valence-electron chi connectivity index (χ4n) is 2.46. The van der Waals surface area contributed by atoms with Crippen LogP contribution in [-0.4, -0.2) is 24.0 Å². The molecule has 1 atom stereocenters. The fraction of sp³-hybridized carbons (Fsp3) is 0.154. The number of nitrogens with one attached hydrogen (secondary N) is 1. The van der Waals surface area contributed by atoms with Crippen LogP contribution < -0.4 is 11.3 Å². The lowest BCUT2D eigenvalue weighted by Gasteiger charge is -2.13. The number of thiazole rings is 1. The molecule has 0 amide bonds. The highest BCUT2D eigenvalue weighted by molar-refractivity contribution is 7.15. The van der Waals surface area contributed by atoms with Crippen LogP contribution in [0, 0.1) is 0 Å². The van der Waals surface area contributed by atoms with Crippen molar-refractivity contribution < 1.29 is 0 Å². The van der Waals surface area contributed by atoms with E-state index in [-0.39, 0.29) is 6.04 Å². The molecular weight excluding hydrogens is 286 g/mol. The number of imidazole rings is 1. The van der Waals surface area contributed by atoms with Gasteiger partial charge < -0.3 is 0 Å². The maximum Gasteiger partial charge on any atom is 0.193 e. The van der Waals surface area contributed by atoms with E-state index in [4.69, 9.17) is 5.84 Å². The Kier molecular flexibility index (Phi) is 2.92. The van der Waals surface area contributed by atoms with Crippen LogP contribution in [0.25, 0.3) is 10.5 Å². The van der Waals surface area contributed by atoms with E-state index in [1.165, 1.54) is 0 Å². The first-order valence-electron chi connectivity index (χ1n) is 6.49. The van der Waals surface area contributed by atoms with Crippen LogP contribution in [0.15, 0.2) is 42.6 Å². The summed E-state index contributed by atoms with van der Waals surface area (Å²) in [6, 6.07) is -0.0590. The van der Waals surface area contributed by atoms with Crippen LogP contribution in [0.3, 0.4) is 0 Å². The second-order valence-corrected chi connectivity index (χ2v) is 5.63. The topological polar surface area (TPSA) is 85.5 Å². The summed E-state index contributed by atoms with van der Waals surface area (Å²) in [7, 11) is 0. The van der Waals surface area contributed by atoms with Crippen molar-refractivity contribution in [3.63, 3.8) is 0 Å². The van der Waals surface area contributed by atoms with Crippen molar-refractivity contribution in [2.45, 2.75) is 12.5 Å². The fourth-order valence-corrected chi connectivity index (χ4v) is 3.18. The highest BCUT2D eigenvalue weighted by atomic mass is 32.1. The number of aromatic nitrogens is 5. The first-order valence-corrected chi connectivity index (χ1v) is 7.37. The largest absolute Gasteiger partial charge is 0.297 e. The minimum Gasteiger partial charge on any atom is -0.297 e. The van der Waals surface area contributed by atoms with E-state index in [0.29, 0.717) is 6.42 Å². The van der Waals surface area contributed by atoms with Gasteiger partial charge in [0.05, 0.1) is 29.6 Å². The molecule has 21 heavy (non-hydrogen) atoms. The summed E-state index contributed by atoms with van der Waals surface area (Å²) in [6.07, 6.45) is 11.9. The van der Waals surface area contributed by atoms with Gasteiger partial charge in [-0.15, -0.1) is 11.3 Å². The van der Waals surface area contributed by atoms with E-state index in [2.05, 4.69) is 20.5 Å². The molecule has 0 radical (unpaired) electrons. The van der Waals surface area contributed by atoms with Crippen molar-refractivity contribution in [2.24, 2.45) is 5.84 Å². The number of fused-ring (bicyclic) bond motifs is 2. The number of hydrazine groups is 1. The molecular formula is C13H13N7S. The second kappa shape index (κ2) is 4.92. The van der Waals surface area contributed by atoms with Gasteiger partial charge in [0.25, 0.3) is 0 Å². The molecule has 0 saturated heterocycles. The molecule has 0 bridgehead atoms. The van der Waals surface area contributed by atoms with Crippen LogP contribution in [0.4, 0.5) is 0 Å². The van der Waals surface area contributed by atoms with Gasteiger partial charge in [-0.05, 0) is 0 Å². The molecule has 0 saturated carbocycles. The van der Waals surface area contributed by atoms with E-state index in [9.17, 15) is 0 Å². The van der Waals surface area contributed by atoms with Crippen molar-refractivity contribution >= 4 is 21.8 Å². The number of hydrogen-bond donors (Lipinski definition) is 2. The Morgan fingerprint density at radius 3 is 3.14 bits per heavy atom. The summed E-state index contributed by atoms with van der Waals surface area (Å²) in [5.41, 5.74) is 5.81. The standard InChI is InChI=1S/C13H13N7S/c14-18-11(5-9-8-19-3-4-21-13(19)17-9)10-6-16-20-2-1-15-7-12(10)20/h1-4,6-8,11,18H,5,14H2. The molecule has 7 nitrogen and oxygen atoms in total. The zero-order valence-electron chi connectivity index (χ0n) is 11.0. The van der Waals surface area contributed by atoms with Crippen molar-refractivity contribution in [2.75, 3.05) is 0 Å². The highest BCUT2D eigenvalue weighted by Gasteiger charge is 2.17. The van der Waals surface area contributed by atoms with Gasteiger partial charge in [-0.1, -0.05) is 0 Å². The molecule has 4 aromatic heterocycles. The Morgan fingerprint density at radius 2 is 2.29 bits per heavy atom. The van der Waals surface area contributed by atoms with E-state index in [1.807, 2.05) is 34.6 Å². The van der Waals surface area contributed by atoms with Crippen LogP contribution in [0.2, 0.25) is 0 Å². The molecule has 0 aliphatic heterocycles. The Hall–Kier alpha value is -2.29.